The molecule has 1 N–H and O–H groups in total. The van der Waals surface area contributed by atoms with Gasteiger partial charge in [-0.25, -0.2) is 5.43 Å². The van der Waals surface area contributed by atoms with Crippen molar-refractivity contribution in [2.45, 2.75) is 6.92 Å². The topological polar surface area (TPSA) is 54.6 Å². The maximum atomic E-state index is 11.8. The number of rotatable bonds is 3. The van der Waals surface area contributed by atoms with Crippen LogP contribution in [-0.4, -0.2) is 11.6 Å². The van der Waals surface area contributed by atoms with E-state index in [2.05, 4.69) is 10.5 Å². The number of amides is 1. The molecule has 0 saturated carbocycles. The van der Waals surface area contributed by atoms with Crippen LogP contribution >= 0.6 is 11.6 Å². The predicted molar refractivity (Wildman–Crippen MR) is 69.8 cm³/mol. The van der Waals surface area contributed by atoms with Crippen molar-refractivity contribution in [1.82, 2.24) is 5.43 Å². The van der Waals surface area contributed by atoms with Crippen LogP contribution < -0.4 is 5.43 Å². The Hall–Kier alpha value is -2.07. The molecule has 0 bridgehead atoms. The summed E-state index contributed by atoms with van der Waals surface area (Å²) >= 11 is 5.91. The summed E-state index contributed by atoms with van der Waals surface area (Å²) in [5.74, 6) is 0.251. The van der Waals surface area contributed by atoms with Crippen LogP contribution in [0.2, 0.25) is 5.02 Å². The summed E-state index contributed by atoms with van der Waals surface area (Å²) < 4.78 is 5.15. The van der Waals surface area contributed by atoms with E-state index in [0.717, 1.165) is 0 Å². The van der Waals surface area contributed by atoms with E-state index in [1.54, 1.807) is 49.6 Å². The summed E-state index contributed by atoms with van der Waals surface area (Å²) in [4.78, 5) is 11.8. The molecule has 1 aromatic heterocycles. The number of halogens is 1. The molecule has 4 nitrogen and oxygen atoms in total. The zero-order valence-corrected chi connectivity index (χ0v) is 10.4. The van der Waals surface area contributed by atoms with E-state index in [9.17, 15) is 4.79 Å². The molecule has 0 unspecified atom stereocenters. The van der Waals surface area contributed by atoms with Crippen molar-refractivity contribution in [2.75, 3.05) is 0 Å². The normalized spacial score (nSPS) is 11.3. The van der Waals surface area contributed by atoms with Crippen LogP contribution in [0.3, 0.4) is 0 Å². The summed E-state index contributed by atoms with van der Waals surface area (Å²) in [6.45, 7) is 1.74. The molecule has 0 aliphatic carbocycles. The highest BCUT2D eigenvalue weighted by molar-refractivity contribution is 6.33. The lowest BCUT2D eigenvalue weighted by atomic mass is 10.2. The molecular formula is C13H11ClN2O2. The number of benzene rings is 1. The third-order valence-electron chi connectivity index (χ3n) is 2.32. The molecule has 92 valence electrons. The Morgan fingerprint density at radius 2 is 2.06 bits per heavy atom. The van der Waals surface area contributed by atoms with E-state index in [1.807, 2.05) is 0 Å². The lowest BCUT2D eigenvalue weighted by molar-refractivity contribution is 0.0955. The minimum atomic E-state index is -0.355. The van der Waals surface area contributed by atoms with E-state index in [4.69, 9.17) is 16.0 Å². The molecule has 0 spiro atoms. The Morgan fingerprint density at radius 1 is 1.28 bits per heavy atom. The first-order valence-corrected chi connectivity index (χ1v) is 5.69. The van der Waals surface area contributed by atoms with Gasteiger partial charge in [0, 0.05) is 0 Å². The van der Waals surface area contributed by atoms with Crippen LogP contribution in [0.4, 0.5) is 0 Å². The quantitative estimate of drug-likeness (QED) is 0.683. The van der Waals surface area contributed by atoms with E-state index in [0.29, 0.717) is 22.1 Å². The molecule has 5 heteroatoms. The van der Waals surface area contributed by atoms with E-state index >= 15 is 0 Å². The molecule has 0 aliphatic rings. The van der Waals surface area contributed by atoms with Gasteiger partial charge in [0.15, 0.2) is 0 Å². The van der Waals surface area contributed by atoms with Crippen molar-refractivity contribution in [2.24, 2.45) is 5.10 Å². The molecule has 1 heterocycles. The third-order valence-corrected chi connectivity index (χ3v) is 2.65. The average molecular weight is 263 g/mol. The molecule has 1 aromatic carbocycles. The first-order chi connectivity index (χ1) is 8.68. The number of hydrazone groups is 1. The molecule has 18 heavy (non-hydrogen) atoms. The zero-order valence-electron chi connectivity index (χ0n) is 9.68. The number of hydrogen-bond donors (Lipinski definition) is 1. The molecule has 0 atom stereocenters. The Morgan fingerprint density at radius 3 is 2.72 bits per heavy atom. The van der Waals surface area contributed by atoms with Gasteiger partial charge in [0.05, 0.1) is 16.8 Å². The van der Waals surface area contributed by atoms with Gasteiger partial charge < -0.3 is 4.42 Å². The van der Waals surface area contributed by atoms with Crippen LogP contribution in [0.1, 0.15) is 23.0 Å². The molecular weight excluding hydrogens is 252 g/mol. The Bertz CT molecular complexity index is 576. The maximum Gasteiger partial charge on any atom is 0.272 e. The third kappa shape index (κ3) is 2.78. The van der Waals surface area contributed by atoms with E-state index in [-0.39, 0.29) is 5.91 Å². The predicted octanol–water partition coefficient (Wildman–Crippen LogP) is 3.09. The highest BCUT2D eigenvalue weighted by Crippen LogP contribution is 2.14. The summed E-state index contributed by atoms with van der Waals surface area (Å²) in [6, 6.07) is 10.3. The van der Waals surface area contributed by atoms with Crippen molar-refractivity contribution in [3.63, 3.8) is 0 Å². The number of carbonyl (C=O) groups is 1. The smallest absolute Gasteiger partial charge is 0.272 e. The van der Waals surface area contributed by atoms with E-state index in [1.165, 1.54) is 0 Å². The summed E-state index contributed by atoms with van der Waals surface area (Å²) in [6.07, 6.45) is 1.55. The molecule has 1 amide bonds. The Labute approximate surface area is 109 Å². The van der Waals surface area contributed by atoms with Gasteiger partial charge in [-0.15, -0.1) is 0 Å². The monoisotopic (exact) mass is 262 g/mol. The van der Waals surface area contributed by atoms with Gasteiger partial charge in [-0.2, -0.15) is 5.10 Å². The van der Waals surface area contributed by atoms with Crippen molar-refractivity contribution >= 4 is 23.2 Å². The van der Waals surface area contributed by atoms with Crippen molar-refractivity contribution < 1.29 is 9.21 Å². The van der Waals surface area contributed by atoms with Gasteiger partial charge in [0.2, 0.25) is 0 Å². The van der Waals surface area contributed by atoms with Gasteiger partial charge in [0.1, 0.15) is 11.5 Å². The van der Waals surface area contributed by atoms with Gasteiger partial charge in [-0.1, -0.05) is 23.7 Å². The van der Waals surface area contributed by atoms with Crippen molar-refractivity contribution in [1.29, 1.82) is 0 Å². The second-order valence-corrected chi connectivity index (χ2v) is 4.00. The fraction of sp³-hybridized carbons (Fsp3) is 0.0769. The minimum absolute atomic E-state index is 0.355. The molecule has 0 saturated heterocycles. The molecule has 0 fully saturated rings. The minimum Gasteiger partial charge on any atom is -0.463 e. The second-order valence-electron chi connectivity index (χ2n) is 3.60. The number of furan rings is 1. The lowest BCUT2D eigenvalue weighted by Gasteiger charge is -2.02. The summed E-state index contributed by atoms with van der Waals surface area (Å²) in [5.41, 5.74) is 3.40. The number of nitrogens with zero attached hydrogens (tertiary/aromatic N) is 1. The number of nitrogens with one attached hydrogen (secondary N) is 1. The number of carbonyl (C=O) groups excluding carboxylic acids is 1. The lowest BCUT2D eigenvalue weighted by Crippen LogP contribution is -2.19. The van der Waals surface area contributed by atoms with Crippen LogP contribution in [0, 0.1) is 0 Å². The molecule has 0 radical (unpaired) electrons. The van der Waals surface area contributed by atoms with Crippen LogP contribution in [-0.2, 0) is 0 Å². The first kappa shape index (κ1) is 12.4. The first-order valence-electron chi connectivity index (χ1n) is 5.31. The Balaban J connectivity index is 2.09. The second kappa shape index (κ2) is 5.51. The van der Waals surface area contributed by atoms with E-state index < -0.39 is 0 Å². The largest absolute Gasteiger partial charge is 0.463 e. The highest BCUT2D eigenvalue weighted by Gasteiger charge is 2.08. The van der Waals surface area contributed by atoms with Crippen LogP contribution in [0.5, 0.6) is 0 Å². The van der Waals surface area contributed by atoms with Crippen LogP contribution in [0.15, 0.2) is 52.2 Å². The summed E-state index contributed by atoms with van der Waals surface area (Å²) in [5, 5.41) is 4.34. The van der Waals surface area contributed by atoms with Gasteiger partial charge in [0.25, 0.3) is 5.91 Å². The molecule has 0 aliphatic heterocycles. The number of hydrogen-bond acceptors (Lipinski definition) is 3. The van der Waals surface area contributed by atoms with Crippen molar-refractivity contribution in [3.05, 3.63) is 59.0 Å². The highest BCUT2D eigenvalue weighted by atomic mass is 35.5. The maximum absolute atomic E-state index is 11.8. The molecule has 2 aromatic rings. The van der Waals surface area contributed by atoms with Gasteiger partial charge in [-0.3, -0.25) is 4.79 Å². The van der Waals surface area contributed by atoms with Gasteiger partial charge in [-0.05, 0) is 31.2 Å². The fourth-order valence-electron chi connectivity index (χ4n) is 1.38. The Kier molecular flexibility index (Phi) is 3.79. The molecule has 2 rings (SSSR count). The van der Waals surface area contributed by atoms with Crippen molar-refractivity contribution in [3.8, 4) is 0 Å². The summed E-state index contributed by atoms with van der Waals surface area (Å²) in [7, 11) is 0. The average Bonchev–Trinajstić information content (AvgIpc) is 2.90. The SMILES string of the molecule is C/C(=N\NC(=O)c1ccccc1Cl)c1ccco1. The zero-order chi connectivity index (χ0) is 13.0. The standard InChI is InChI=1S/C13H11ClN2O2/c1-9(12-7-4-8-18-12)15-16-13(17)10-5-2-3-6-11(10)14/h2-8H,1H3,(H,16,17)/b15-9+. The van der Waals surface area contributed by atoms with Crippen LogP contribution in [0.25, 0.3) is 0 Å². The fourth-order valence-corrected chi connectivity index (χ4v) is 1.60. The van der Waals surface area contributed by atoms with Gasteiger partial charge >= 0.3 is 0 Å².